The van der Waals surface area contributed by atoms with Gasteiger partial charge in [0.2, 0.25) is 0 Å². The molecule has 4 rings (SSSR count). The van der Waals surface area contributed by atoms with Crippen LogP contribution in [0.25, 0.3) is 6.08 Å². The van der Waals surface area contributed by atoms with Crippen LogP contribution in [0.1, 0.15) is 39.5 Å². The lowest BCUT2D eigenvalue weighted by Crippen LogP contribution is -2.30. The number of nitrogens with zero attached hydrogens (tertiary/aromatic N) is 2. The first-order chi connectivity index (χ1) is 18.3. The Labute approximate surface area is 224 Å². The van der Waals surface area contributed by atoms with E-state index >= 15 is 0 Å². The van der Waals surface area contributed by atoms with Crippen molar-refractivity contribution in [1.82, 2.24) is 4.98 Å². The van der Waals surface area contributed by atoms with Crippen LogP contribution in [0.5, 0.6) is 5.75 Å². The summed E-state index contributed by atoms with van der Waals surface area (Å²) in [5, 5.41) is 11.1. The lowest BCUT2D eigenvalue weighted by Gasteiger charge is -2.24. The van der Waals surface area contributed by atoms with Crippen molar-refractivity contribution in [3.63, 3.8) is 0 Å². The van der Waals surface area contributed by atoms with Gasteiger partial charge in [-0.05, 0) is 43.2 Å². The number of aliphatic hydroxyl groups excluding tert-OH is 1. The molecular weight excluding hydrogens is 504 g/mol. The summed E-state index contributed by atoms with van der Waals surface area (Å²) >= 11 is 0.948. The summed E-state index contributed by atoms with van der Waals surface area (Å²) < 4.78 is 10.7. The van der Waals surface area contributed by atoms with Crippen LogP contribution in [0, 0.1) is 6.92 Å². The van der Waals surface area contributed by atoms with Gasteiger partial charge in [-0.15, -0.1) is 0 Å². The molecule has 1 aliphatic rings. The molecule has 9 heteroatoms. The Morgan fingerprint density at radius 1 is 1.16 bits per heavy atom. The number of hydrogen-bond acceptors (Lipinski definition) is 8. The van der Waals surface area contributed by atoms with E-state index in [0.29, 0.717) is 23.6 Å². The third-order valence-corrected chi connectivity index (χ3v) is 6.85. The van der Waals surface area contributed by atoms with E-state index in [1.165, 1.54) is 17.1 Å². The molecule has 0 bridgehead atoms. The van der Waals surface area contributed by atoms with Crippen molar-refractivity contribution in [2.24, 2.45) is 0 Å². The van der Waals surface area contributed by atoms with Gasteiger partial charge in [0.25, 0.3) is 5.91 Å². The number of carbonyl (C=O) groups excluding carboxylic acids is 3. The van der Waals surface area contributed by atoms with Gasteiger partial charge in [0.1, 0.15) is 17.2 Å². The number of carbonyl (C=O) groups is 3. The minimum Gasteiger partial charge on any atom is -0.503 e. The predicted molar refractivity (Wildman–Crippen MR) is 145 cm³/mol. The molecule has 2 aromatic carbocycles. The third-order valence-electron chi connectivity index (χ3n) is 5.72. The van der Waals surface area contributed by atoms with E-state index in [1.807, 2.05) is 37.3 Å². The highest BCUT2D eigenvalue weighted by Crippen LogP contribution is 2.43. The molecule has 1 aromatic heterocycles. The number of rotatable bonds is 10. The Kier molecular flexibility index (Phi) is 8.18. The number of anilines is 1. The molecule has 0 spiro atoms. The molecule has 0 radical (unpaired) electrons. The zero-order valence-corrected chi connectivity index (χ0v) is 21.7. The van der Waals surface area contributed by atoms with Gasteiger partial charge in [0, 0.05) is 0 Å². The van der Waals surface area contributed by atoms with Gasteiger partial charge in [-0.25, -0.2) is 9.78 Å². The second-order valence-corrected chi connectivity index (χ2v) is 9.23. The largest absolute Gasteiger partial charge is 0.503 e. The van der Waals surface area contributed by atoms with E-state index in [2.05, 4.69) is 11.6 Å². The number of aliphatic hydroxyl groups is 1. The highest BCUT2D eigenvalue weighted by atomic mass is 32.1. The fraction of sp³-hybridized carbons (Fsp3) is 0.172. The van der Waals surface area contributed by atoms with Crippen LogP contribution in [0.15, 0.2) is 84.7 Å². The van der Waals surface area contributed by atoms with E-state index < -0.39 is 29.5 Å². The smallest absolute Gasteiger partial charge is 0.350 e. The third kappa shape index (κ3) is 5.42. The summed E-state index contributed by atoms with van der Waals surface area (Å²) in [6.07, 6.45) is 4.39. The zero-order chi connectivity index (χ0) is 27.2. The summed E-state index contributed by atoms with van der Waals surface area (Å²) in [5.41, 5.74) is 1.62. The highest BCUT2D eigenvalue weighted by molar-refractivity contribution is 7.17. The molecule has 0 saturated carbocycles. The first-order valence-corrected chi connectivity index (χ1v) is 12.7. The monoisotopic (exact) mass is 530 g/mol. The van der Waals surface area contributed by atoms with Crippen LogP contribution in [0.4, 0.5) is 5.13 Å². The van der Waals surface area contributed by atoms with E-state index in [1.54, 1.807) is 37.3 Å². The standard InChI is InChI=1S/C29H26N2O6S/c1-4-17-37-28(35)26-18(3)30-29(38-26)31-24(20-12-14-21(15-13-20)36-5-2)23(25(33)27(31)34)22(32)16-11-19-9-7-6-8-10-19/h4,6-16,24,33H,1,5,17H2,2-3H3/b16-11+. The van der Waals surface area contributed by atoms with Gasteiger partial charge < -0.3 is 14.6 Å². The quantitative estimate of drug-likeness (QED) is 0.213. The first-order valence-electron chi connectivity index (χ1n) is 11.9. The van der Waals surface area contributed by atoms with E-state index in [0.717, 1.165) is 16.9 Å². The molecule has 8 nitrogen and oxygen atoms in total. The van der Waals surface area contributed by atoms with Gasteiger partial charge >= 0.3 is 5.97 Å². The fourth-order valence-corrected chi connectivity index (χ4v) is 4.97. The zero-order valence-electron chi connectivity index (χ0n) is 20.9. The maximum absolute atomic E-state index is 13.4. The molecule has 1 amide bonds. The number of aromatic nitrogens is 1. The number of allylic oxidation sites excluding steroid dienone is 1. The molecule has 1 N–H and O–H groups in total. The number of hydrogen-bond donors (Lipinski definition) is 1. The second-order valence-electron chi connectivity index (χ2n) is 8.25. The second kappa shape index (κ2) is 11.7. The Bertz CT molecular complexity index is 1420. The van der Waals surface area contributed by atoms with Gasteiger partial charge in [0.05, 0.1) is 23.9 Å². The number of benzene rings is 2. The van der Waals surface area contributed by atoms with E-state index in [4.69, 9.17) is 9.47 Å². The molecule has 194 valence electrons. The Morgan fingerprint density at radius 2 is 1.87 bits per heavy atom. The van der Waals surface area contributed by atoms with Crippen molar-refractivity contribution in [1.29, 1.82) is 0 Å². The van der Waals surface area contributed by atoms with Crippen LogP contribution >= 0.6 is 11.3 Å². The van der Waals surface area contributed by atoms with Crippen molar-refractivity contribution in [2.45, 2.75) is 19.9 Å². The van der Waals surface area contributed by atoms with Gasteiger partial charge in [-0.1, -0.05) is 72.5 Å². The average Bonchev–Trinajstić information content (AvgIpc) is 3.43. The van der Waals surface area contributed by atoms with Crippen LogP contribution < -0.4 is 9.64 Å². The predicted octanol–water partition coefficient (Wildman–Crippen LogP) is 5.38. The van der Waals surface area contributed by atoms with Crippen molar-refractivity contribution < 1.29 is 29.0 Å². The summed E-state index contributed by atoms with van der Waals surface area (Å²) in [6, 6.07) is 15.1. The average molecular weight is 531 g/mol. The molecule has 0 fully saturated rings. The lowest BCUT2D eigenvalue weighted by molar-refractivity contribution is -0.117. The molecule has 0 saturated heterocycles. The first kappa shape index (κ1) is 26.6. The van der Waals surface area contributed by atoms with Gasteiger partial charge in [0.15, 0.2) is 16.7 Å². The van der Waals surface area contributed by atoms with Crippen molar-refractivity contribution in [3.8, 4) is 5.75 Å². The van der Waals surface area contributed by atoms with Crippen LogP contribution in [0.2, 0.25) is 0 Å². The van der Waals surface area contributed by atoms with Crippen molar-refractivity contribution in [3.05, 3.63) is 106 Å². The molecule has 1 atom stereocenters. The molecular formula is C29H26N2O6S. The van der Waals surface area contributed by atoms with Crippen molar-refractivity contribution in [2.75, 3.05) is 18.1 Å². The normalized spacial score (nSPS) is 15.3. The summed E-state index contributed by atoms with van der Waals surface area (Å²) in [5.74, 6) is -1.97. The minimum atomic E-state index is -0.978. The van der Waals surface area contributed by atoms with Gasteiger partial charge in [-0.2, -0.15) is 0 Å². The molecule has 38 heavy (non-hydrogen) atoms. The Morgan fingerprint density at radius 3 is 2.53 bits per heavy atom. The van der Waals surface area contributed by atoms with Crippen LogP contribution in [-0.2, 0) is 14.3 Å². The summed E-state index contributed by atoms with van der Waals surface area (Å²) in [4.78, 5) is 45.1. The minimum absolute atomic E-state index is 0.0255. The van der Waals surface area contributed by atoms with Crippen molar-refractivity contribution >= 4 is 40.2 Å². The number of esters is 1. The molecule has 1 unspecified atom stereocenters. The van der Waals surface area contributed by atoms with Crippen LogP contribution in [0.3, 0.4) is 0 Å². The number of thiazole rings is 1. The summed E-state index contributed by atoms with van der Waals surface area (Å²) in [6.45, 7) is 7.53. The van der Waals surface area contributed by atoms with E-state index in [9.17, 15) is 19.5 Å². The Hall–Kier alpha value is -4.50. The SMILES string of the molecule is C=CCOC(=O)c1sc(N2C(=O)C(O)=C(C(=O)/C=C/c3ccccc3)C2c2ccc(OCC)cc2)nc1C. The topological polar surface area (TPSA) is 106 Å². The molecule has 1 aliphatic heterocycles. The van der Waals surface area contributed by atoms with E-state index in [-0.39, 0.29) is 22.2 Å². The molecule has 0 aliphatic carbocycles. The number of ketones is 1. The number of amides is 1. The fourth-order valence-electron chi connectivity index (χ4n) is 3.98. The van der Waals surface area contributed by atoms with Gasteiger partial charge in [-0.3, -0.25) is 14.5 Å². The molecule has 3 aromatic rings. The molecule has 2 heterocycles. The Balaban J connectivity index is 1.76. The maximum atomic E-state index is 13.4. The summed E-state index contributed by atoms with van der Waals surface area (Å²) in [7, 11) is 0. The lowest BCUT2D eigenvalue weighted by atomic mass is 9.95. The number of aryl methyl sites for hydroxylation is 1. The number of ether oxygens (including phenoxy) is 2. The highest BCUT2D eigenvalue weighted by Gasteiger charge is 2.45. The maximum Gasteiger partial charge on any atom is 0.350 e. The van der Waals surface area contributed by atoms with Crippen LogP contribution in [-0.4, -0.2) is 41.0 Å².